The summed E-state index contributed by atoms with van der Waals surface area (Å²) in [7, 11) is 3.75. The van der Waals surface area contributed by atoms with Gasteiger partial charge in [-0.1, -0.05) is 6.92 Å². The van der Waals surface area contributed by atoms with Crippen molar-refractivity contribution in [1.82, 2.24) is 4.90 Å². The van der Waals surface area contributed by atoms with Gasteiger partial charge >= 0.3 is 0 Å². The molecule has 1 aromatic rings. The first-order chi connectivity index (χ1) is 9.05. The molecule has 1 saturated heterocycles. The third kappa shape index (κ3) is 1.88. The monoisotopic (exact) mass is 259 g/mol. The fourth-order valence-corrected chi connectivity index (χ4v) is 3.64. The molecule has 0 N–H and O–H groups in total. The van der Waals surface area contributed by atoms with Gasteiger partial charge in [-0.15, -0.1) is 0 Å². The van der Waals surface area contributed by atoms with Crippen molar-refractivity contribution in [2.24, 2.45) is 0 Å². The van der Waals surface area contributed by atoms with Gasteiger partial charge in [0.2, 0.25) is 0 Å². The molecule has 0 saturated carbocycles. The van der Waals surface area contributed by atoms with Crippen molar-refractivity contribution in [3.05, 3.63) is 29.3 Å². The van der Waals surface area contributed by atoms with Crippen LogP contribution in [0.4, 0.5) is 0 Å². The van der Waals surface area contributed by atoms with Crippen LogP contribution in [-0.2, 0) is 5.41 Å². The van der Waals surface area contributed by atoms with Gasteiger partial charge in [0.25, 0.3) is 0 Å². The van der Waals surface area contributed by atoms with Gasteiger partial charge < -0.3 is 4.74 Å². The number of nitrogens with zero attached hydrogens (tertiary/aromatic N) is 1. The summed E-state index contributed by atoms with van der Waals surface area (Å²) in [5.41, 5.74) is 2.18. The van der Waals surface area contributed by atoms with Crippen molar-refractivity contribution in [1.29, 1.82) is 0 Å². The van der Waals surface area contributed by atoms with Crippen LogP contribution in [0, 0.1) is 0 Å². The molecule has 2 bridgehead atoms. The Morgan fingerprint density at radius 2 is 2.21 bits per heavy atom. The van der Waals surface area contributed by atoms with Crippen LogP contribution in [0.1, 0.15) is 42.1 Å². The second kappa shape index (κ2) is 4.34. The number of methoxy groups -OCH3 is 1. The van der Waals surface area contributed by atoms with Crippen LogP contribution in [0.25, 0.3) is 0 Å². The molecule has 0 aromatic heterocycles. The first-order valence-corrected chi connectivity index (χ1v) is 6.98. The highest BCUT2D eigenvalue weighted by atomic mass is 16.5. The number of likely N-dealkylation sites (N-methyl/N-ethyl adjacent to an activating group) is 1. The van der Waals surface area contributed by atoms with Crippen LogP contribution in [0.5, 0.6) is 5.75 Å². The normalized spacial score (nSPS) is 30.7. The molecule has 2 atom stereocenters. The highest BCUT2D eigenvalue weighted by Gasteiger charge is 2.44. The van der Waals surface area contributed by atoms with Crippen LogP contribution >= 0.6 is 0 Å². The van der Waals surface area contributed by atoms with E-state index in [4.69, 9.17) is 4.74 Å². The molecule has 19 heavy (non-hydrogen) atoms. The summed E-state index contributed by atoms with van der Waals surface area (Å²) in [5.74, 6) is 1.13. The minimum atomic E-state index is 0.0494. The van der Waals surface area contributed by atoms with Gasteiger partial charge in [-0.3, -0.25) is 9.69 Å². The smallest absolute Gasteiger partial charge is 0.180 e. The van der Waals surface area contributed by atoms with E-state index >= 15 is 0 Å². The van der Waals surface area contributed by atoms with Gasteiger partial charge in [-0.05, 0) is 62.0 Å². The van der Waals surface area contributed by atoms with E-state index in [9.17, 15) is 4.79 Å². The van der Waals surface area contributed by atoms with Gasteiger partial charge in [0.15, 0.2) is 5.78 Å². The second-order valence-corrected chi connectivity index (χ2v) is 6.14. The Kier molecular flexibility index (Phi) is 2.90. The zero-order chi connectivity index (χ0) is 13.6. The van der Waals surface area contributed by atoms with Gasteiger partial charge in [0.05, 0.1) is 13.2 Å². The van der Waals surface area contributed by atoms with Crippen molar-refractivity contribution in [3.63, 3.8) is 0 Å². The molecule has 102 valence electrons. The molecule has 3 rings (SSSR count). The first kappa shape index (κ1) is 12.7. The van der Waals surface area contributed by atoms with Crippen LogP contribution < -0.4 is 4.74 Å². The van der Waals surface area contributed by atoms with Crippen molar-refractivity contribution >= 4 is 5.78 Å². The van der Waals surface area contributed by atoms with E-state index in [1.807, 2.05) is 12.1 Å². The predicted octanol–water partition coefficient (Wildman–Crippen LogP) is 2.63. The molecule has 3 heteroatoms. The Morgan fingerprint density at radius 3 is 2.95 bits per heavy atom. The number of ether oxygens (including phenoxy) is 1. The average Bonchev–Trinajstić information content (AvgIpc) is 2.55. The van der Waals surface area contributed by atoms with Crippen molar-refractivity contribution < 1.29 is 9.53 Å². The standard InChI is InChI=1S/C16H21NO2/c1-16-7-4-8-17(2)14(10-16)15(18)12-6-5-11(19-3)9-13(12)16/h5-6,9,14H,4,7-8,10H2,1-3H3/t14-,16-/m0/s1. The highest BCUT2D eigenvalue weighted by Crippen LogP contribution is 2.44. The number of hydrogen-bond acceptors (Lipinski definition) is 3. The maximum Gasteiger partial charge on any atom is 0.180 e. The van der Waals surface area contributed by atoms with Gasteiger partial charge in [-0.2, -0.15) is 0 Å². The fourth-order valence-electron chi connectivity index (χ4n) is 3.64. The third-order valence-electron chi connectivity index (χ3n) is 4.86. The Labute approximate surface area is 114 Å². The molecular formula is C16H21NO2. The minimum absolute atomic E-state index is 0.0494. The van der Waals surface area contributed by atoms with E-state index in [0.29, 0.717) is 0 Å². The highest BCUT2D eigenvalue weighted by molar-refractivity contribution is 6.03. The lowest BCUT2D eigenvalue weighted by atomic mass is 9.67. The van der Waals surface area contributed by atoms with Crippen LogP contribution in [0.3, 0.4) is 0 Å². The van der Waals surface area contributed by atoms with Crippen molar-refractivity contribution in [2.75, 3.05) is 20.7 Å². The van der Waals surface area contributed by atoms with Gasteiger partial charge in [0, 0.05) is 5.56 Å². The Morgan fingerprint density at radius 1 is 1.42 bits per heavy atom. The fraction of sp³-hybridized carbons (Fsp3) is 0.562. The van der Waals surface area contributed by atoms with E-state index in [1.54, 1.807) is 7.11 Å². The van der Waals surface area contributed by atoms with Crippen LogP contribution in [0.2, 0.25) is 0 Å². The molecule has 0 radical (unpaired) electrons. The lowest BCUT2D eigenvalue weighted by Gasteiger charge is -2.39. The summed E-state index contributed by atoms with van der Waals surface area (Å²) in [4.78, 5) is 14.9. The number of fused-ring (bicyclic) bond motifs is 4. The maximum absolute atomic E-state index is 12.6. The third-order valence-corrected chi connectivity index (χ3v) is 4.86. The van der Waals surface area contributed by atoms with Crippen molar-refractivity contribution in [3.8, 4) is 5.75 Å². The number of Topliss-reactive ketones (excluding diaryl/α,β-unsaturated/α-hetero) is 1. The zero-order valence-electron chi connectivity index (χ0n) is 11.9. The van der Waals surface area contributed by atoms with Crippen LogP contribution in [-0.4, -0.2) is 37.4 Å². The number of benzene rings is 1. The Balaban J connectivity index is 2.16. The van der Waals surface area contributed by atoms with Gasteiger partial charge in [-0.25, -0.2) is 0 Å². The number of ketones is 1. The average molecular weight is 259 g/mol. The first-order valence-electron chi connectivity index (χ1n) is 6.98. The molecule has 0 spiro atoms. The molecule has 1 aromatic carbocycles. The molecule has 1 aliphatic heterocycles. The molecular weight excluding hydrogens is 238 g/mol. The Bertz CT molecular complexity index is 525. The molecule has 2 aliphatic rings. The maximum atomic E-state index is 12.6. The molecule has 1 heterocycles. The molecule has 1 aliphatic carbocycles. The van der Waals surface area contributed by atoms with E-state index in [1.165, 1.54) is 5.56 Å². The summed E-state index contributed by atoms with van der Waals surface area (Å²) < 4.78 is 5.33. The lowest BCUT2D eigenvalue weighted by molar-refractivity contribution is 0.0811. The van der Waals surface area contributed by atoms with E-state index < -0.39 is 0 Å². The van der Waals surface area contributed by atoms with Crippen LogP contribution in [0.15, 0.2) is 18.2 Å². The number of hydrogen-bond donors (Lipinski definition) is 0. The zero-order valence-corrected chi connectivity index (χ0v) is 11.9. The summed E-state index contributed by atoms with van der Waals surface area (Å²) in [6.07, 6.45) is 3.22. The minimum Gasteiger partial charge on any atom is -0.497 e. The second-order valence-electron chi connectivity index (χ2n) is 6.14. The summed E-state index contributed by atoms with van der Waals surface area (Å²) in [5, 5.41) is 0. The molecule has 1 fully saturated rings. The van der Waals surface area contributed by atoms with Crippen molar-refractivity contribution in [2.45, 2.75) is 37.6 Å². The topological polar surface area (TPSA) is 29.5 Å². The molecule has 3 nitrogen and oxygen atoms in total. The predicted molar refractivity (Wildman–Crippen MR) is 74.9 cm³/mol. The number of rotatable bonds is 1. The van der Waals surface area contributed by atoms with Gasteiger partial charge in [0.1, 0.15) is 5.75 Å². The Hall–Kier alpha value is -1.35. The lowest BCUT2D eigenvalue weighted by Crippen LogP contribution is -2.45. The largest absolute Gasteiger partial charge is 0.497 e. The molecule has 0 unspecified atom stereocenters. The SMILES string of the molecule is COc1ccc2c(c1)[C@@]1(C)CCCN(C)[C@@H](C1)C2=O. The molecule has 0 amide bonds. The van der Waals surface area contributed by atoms with E-state index in [-0.39, 0.29) is 17.2 Å². The number of carbonyl (C=O) groups excluding carboxylic acids is 1. The number of carbonyl (C=O) groups is 1. The summed E-state index contributed by atoms with van der Waals surface area (Å²) in [6, 6.07) is 5.96. The summed E-state index contributed by atoms with van der Waals surface area (Å²) in [6.45, 7) is 3.31. The quantitative estimate of drug-likeness (QED) is 0.776. The number of likely N-dealkylation sites (tertiary alicyclic amines) is 1. The van der Waals surface area contributed by atoms with E-state index in [0.717, 1.165) is 37.1 Å². The van der Waals surface area contributed by atoms with E-state index in [2.05, 4.69) is 24.9 Å². The summed E-state index contributed by atoms with van der Waals surface area (Å²) >= 11 is 0.